The summed E-state index contributed by atoms with van der Waals surface area (Å²) in [4.78, 5) is 15.3. The number of thiazole rings is 1. The fourth-order valence-electron chi connectivity index (χ4n) is 2.25. The summed E-state index contributed by atoms with van der Waals surface area (Å²) in [6, 6.07) is -0.280. The number of methoxy groups -OCH3 is 2. The van der Waals surface area contributed by atoms with Gasteiger partial charge in [-0.15, -0.1) is 11.3 Å². The zero-order valence-electron chi connectivity index (χ0n) is 11.2. The smallest absolute Gasteiger partial charge is 0.358 e. The Balaban J connectivity index is 2.23. The Morgan fingerprint density at radius 1 is 1.45 bits per heavy atom. The summed E-state index contributed by atoms with van der Waals surface area (Å²) in [5, 5.41) is 0. The van der Waals surface area contributed by atoms with Crippen molar-refractivity contribution in [1.29, 1.82) is 0 Å². The minimum atomic E-state index is -3.80. The number of nitrogens with zero attached hydrogens (tertiary/aromatic N) is 1. The molecule has 1 aliphatic carbocycles. The van der Waals surface area contributed by atoms with Gasteiger partial charge in [0.25, 0.3) is 10.0 Å². The summed E-state index contributed by atoms with van der Waals surface area (Å²) in [5.74, 6) is -0.763. The topological polar surface area (TPSA) is 94.6 Å². The number of aromatic nitrogens is 1. The van der Waals surface area contributed by atoms with Gasteiger partial charge < -0.3 is 9.47 Å². The summed E-state index contributed by atoms with van der Waals surface area (Å²) in [6.45, 7) is 0. The molecule has 20 heavy (non-hydrogen) atoms. The van der Waals surface area contributed by atoms with Gasteiger partial charge in [-0.2, -0.15) is 0 Å². The summed E-state index contributed by atoms with van der Waals surface area (Å²) in [7, 11) is -1.06. The van der Waals surface area contributed by atoms with Crippen LogP contribution >= 0.6 is 11.3 Å². The van der Waals surface area contributed by atoms with Crippen molar-refractivity contribution >= 4 is 27.3 Å². The zero-order valence-corrected chi connectivity index (χ0v) is 12.8. The highest BCUT2D eigenvalue weighted by Crippen LogP contribution is 2.26. The molecule has 9 heteroatoms. The molecule has 1 aliphatic rings. The van der Waals surface area contributed by atoms with Crippen LogP contribution in [-0.2, 0) is 19.5 Å². The maximum absolute atomic E-state index is 12.3. The van der Waals surface area contributed by atoms with Gasteiger partial charge in [-0.25, -0.2) is 22.9 Å². The molecule has 7 nitrogen and oxygen atoms in total. The van der Waals surface area contributed by atoms with Crippen LogP contribution in [0, 0.1) is 0 Å². The molecule has 0 amide bonds. The van der Waals surface area contributed by atoms with E-state index in [2.05, 4.69) is 14.4 Å². The van der Waals surface area contributed by atoms with E-state index in [1.807, 2.05) is 0 Å². The lowest BCUT2D eigenvalue weighted by atomic mass is 10.2. The second-order valence-electron chi connectivity index (χ2n) is 4.41. The highest BCUT2D eigenvalue weighted by molar-refractivity contribution is 7.91. The van der Waals surface area contributed by atoms with E-state index in [1.165, 1.54) is 12.6 Å². The second-order valence-corrected chi connectivity index (χ2v) is 7.18. The fraction of sp³-hybridized carbons (Fsp3) is 0.636. The van der Waals surface area contributed by atoms with Crippen LogP contribution < -0.4 is 4.72 Å². The van der Waals surface area contributed by atoms with Gasteiger partial charge in [-0.3, -0.25) is 0 Å². The molecule has 0 aromatic carbocycles. The zero-order chi connectivity index (χ0) is 14.8. The van der Waals surface area contributed by atoms with Gasteiger partial charge in [0.1, 0.15) is 0 Å². The normalized spacial score (nSPS) is 22.9. The molecule has 0 saturated heterocycles. The van der Waals surface area contributed by atoms with Crippen molar-refractivity contribution in [2.45, 2.75) is 35.6 Å². The Labute approximate surface area is 121 Å². The Bertz CT molecular complexity index is 583. The van der Waals surface area contributed by atoms with E-state index in [-0.39, 0.29) is 22.0 Å². The van der Waals surface area contributed by atoms with Crippen LogP contribution in [0.4, 0.5) is 0 Å². The Morgan fingerprint density at radius 2 is 2.20 bits per heavy atom. The first kappa shape index (κ1) is 15.4. The van der Waals surface area contributed by atoms with Crippen molar-refractivity contribution < 1.29 is 22.7 Å². The number of nitrogens with one attached hydrogen (secondary N) is 1. The molecule has 0 spiro atoms. The van der Waals surface area contributed by atoms with Gasteiger partial charge in [0, 0.05) is 13.2 Å². The SMILES string of the molecule is COC(=O)c1ncsc1S(=O)(=O)NC1CCCC1OC. The molecule has 2 unspecified atom stereocenters. The van der Waals surface area contributed by atoms with Crippen LogP contribution in [0.15, 0.2) is 9.72 Å². The Kier molecular flexibility index (Phi) is 4.74. The molecule has 0 aliphatic heterocycles. The molecule has 1 aromatic heterocycles. The van der Waals surface area contributed by atoms with Gasteiger partial charge >= 0.3 is 5.97 Å². The van der Waals surface area contributed by atoms with E-state index in [1.54, 1.807) is 7.11 Å². The van der Waals surface area contributed by atoms with Crippen molar-refractivity contribution in [2.24, 2.45) is 0 Å². The van der Waals surface area contributed by atoms with E-state index in [0.29, 0.717) is 6.42 Å². The van der Waals surface area contributed by atoms with Crippen molar-refractivity contribution in [3.63, 3.8) is 0 Å². The third-order valence-corrected chi connectivity index (χ3v) is 6.08. The van der Waals surface area contributed by atoms with Gasteiger partial charge in [0.2, 0.25) is 0 Å². The average molecular weight is 320 g/mol. The summed E-state index contributed by atoms with van der Waals surface area (Å²) in [5.41, 5.74) is 1.13. The van der Waals surface area contributed by atoms with Crippen LogP contribution in [0.3, 0.4) is 0 Å². The molecule has 112 valence electrons. The first-order valence-corrected chi connectivity index (χ1v) is 8.42. The number of rotatable bonds is 5. The molecular weight excluding hydrogens is 304 g/mol. The van der Waals surface area contributed by atoms with Gasteiger partial charge in [-0.05, 0) is 19.3 Å². The third-order valence-electron chi connectivity index (χ3n) is 3.22. The second kappa shape index (κ2) is 6.17. The molecule has 1 N–H and O–H groups in total. The monoisotopic (exact) mass is 320 g/mol. The summed E-state index contributed by atoms with van der Waals surface area (Å²) < 4.78 is 37.0. The van der Waals surface area contributed by atoms with E-state index >= 15 is 0 Å². The maximum atomic E-state index is 12.3. The first-order valence-electron chi connectivity index (χ1n) is 6.06. The number of hydrogen-bond acceptors (Lipinski definition) is 7. The molecule has 2 rings (SSSR count). The number of carbonyl (C=O) groups excluding carboxylic acids is 1. The lowest BCUT2D eigenvalue weighted by Gasteiger charge is -2.19. The van der Waals surface area contributed by atoms with Gasteiger partial charge in [0.05, 0.1) is 18.7 Å². The van der Waals surface area contributed by atoms with Crippen LogP contribution in [0.2, 0.25) is 0 Å². The molecule has 2 atom stereocenters. The lowest BCUT2D eigenvalue weighted by Crippen LogP contribution is -2.40. The average Bonchev–Trinajstić information content (AvgIpc) is 3.05. The standard InChI is InChI=1S/C11H16N2O5S2/c1-17-8-5-3-4-7(8)13-20(15,16)11-9(10(14)18-2)12-6-19-11/h6-8,13H,3-5H2,1-2H3. The van der Waals surface area contributed by atoms with Crippen LogP contribution in [0.1, 0.15) is 29.8 Å². The Hall–Kier alpha value is -1.03. The Morgan fingerprint density at radius 3 is 2.85 bits per heavy atom. The van der Waals surface area contributed by atoms with E-state index in [0.717, 1.165) is 24.2 Å². The van der Waals surface area contributed by atoms with Crippen molar-refractivity contribution in [3.05, 3.63) is 11.2 Å². The van der Waals surface area contributed by atoms with Crippen LogP contribution in [-0.4, -0.2) is 45.7 Å². The van der Waals surface area contributed by atoms with E-state index in [9.17, 15) is 13.2 Å². The van der Waals surface area contributed by atoms with Crippen molar-refractivity contribution in [3.8, 4) is 0 Å². The van der Waals surface area contributed by atoms with E-state index < -0.39 is 16.0 Å². The predicted octanol–water partition coefficient (Wildman–Crippen LogP) is 0.775. The highest BCUT2D eigenvalue weighted by Gasteiger charge is 2.34. The molecule has 1 aromatic rings. The highest BCUT2D eigenvalue weighted by atomic mass is 32.2. The fourth-order valence-corrected chi connectivity index (χ4v) is 4.70. The maximum Gasteiger partial charge on any atom is 0.358 e. The van der Waals surface area contributed by atoms with Gasteiger partial charge in [-0.1, -0.05) is 0 Å². The number of esters is 1. The third kappa shape index (κ3) is 3.00. The summed E-state index contributed by atoms with van der Waals surface area (Å²) >= 11 is 0.889. The number of ether oxygens (including phenoxy) is 2. The minimum absolute atomic E-state index is 0.119. The van der Waals surface area contributed by atoms with Crippen LogP contribution in [0.25, 0.3) is 0 Å². The first-order chi connectivity index (χ1) is 9.49. The largest absolute Gasteiger partial charge is 0.464 e. The summed E-state index contributed by atoms with van der Waals surface area (Å²) in [6.07, 6.45) is 2.29. The molecule has 1 fully saturated rings. The predicted molar refractivity (Wildman–Crippen MR) is 72.2 cm³/mol. The number of carbonyl (C=O) groups is 1. The number of hydrogen-bond donors (Lipinski definition) is 1. The van der Waals surface area contributed by atoms with Crippen LogP contribution in [0.5, 0.6) is 0 Å². The quantitative estimate of drug-likeness (QED) is 0.806. The molecular formula is C11H16N2O5S2. The lowest BCUT2D eigenvalue weighted by molar-refractivity contribution is 0.0590. The minimum Gasteiger partial charge on any atom is -0.464 e. The van der Waals surface area contributed by atoms with E-state index in [4.69, 9.17) is 4.74 Å². The molecule has 0 radical (unpaired) electrons. The van der Waals surface area contributed by atoms with Crippen molar-refractivity contribution in [2.75, 3.05) is 14.2 Å². The molecule has 0 bridgehead atoms. The van der Waals surface area contributed by atoms with Crippen molar-refractivity contribution in [1.82, 2.24) is 9.71 Å². The molecule has 1 heterocycles. The number of sulfonamides is 1. The molecule has 1 saturated carbocycles. The van der Waals surface area contributed by atoms with Gasteiger partial charge in [0.15, 0.2) is 9.90 Å².